The molecule has 0 aliphatic carbocycles. The molecule has 0 unspecified atom stereocenters. The Morgan fingerprint density at radius 1 is 1.38 bits per heavy atom. The van der Waals surface area contributed by atoms with Crippen molar-refractivity contribution in [2.24, 2.45) is 0 Å². The molecule has 1 heterocycles. The Hall–Kier alpha value is -1.22. The monoisotopic (exact) mass is 193 g/mol. The Bertz CT molecular complexity index is 447. The predicted octanol–water partition coefficient (Wildman–Crippen LogP) is 3.79. The van der Waals surface area contributed by atoms with E-state index in [4.69, 9.17) is 0 Å². The molecule has 2 rings (SSSR count). The second-order valence-electron chi connectivity index (χ2n) is 2.76. The number of H-pyrrole nitrogens is 1. The van der Waals surface area contributed by atoms with E-state index >= 15 is 0 Å². The molecule has 0 aliphatic heterocycles. The first kappa shape index (κ1) is 8.38. The molecule has 1 N–H and O–H groups in total. The van der Waals surface area contributed by atoms with Gasteiger partial charge in [0.05, 0.1) is 12.1 Å². The smallest absolute Gasteiger partial charge is 0.0812 e. The van der Waals surface area contributed by atoms with Gasteiger partial charge in [0.25, 0.3) is 0 Å². The lowest BCUT2D eigenvalue weighted by atomic mass is 10.2. The van der Waals surface area contributed by atoms with E-state index in [-0.39, 0.29) is 12.1 Å². The summed E-state index contributed by atoms with van der Waals surface area (Å²) in [6.07, 6.45) is 1.74. The van der Waals surface area contributed by atoms with Crippen LogP contribution in [0, 0.1) is 0 Å². The minimum absolute atomic E-state index is 0.255. The number of nitrogens with one attached hydrogen (secondary N) is 1. The van der Waals surface area contributed by atoms with Crippen molar-refractivity contribution in [3.63, 3.8) is 0 Å². The van der Waals surface area contributed by atoms with Crippen molar-refractivity contribution in [3.05, 3.63) is 36.5 Å². The zero-order chi connectivity index (χ0) is 9.26. The van der Waals surface area contributed by atoms with Gasteiger partial charge in [0, 0.05) is 21.5 Å². The minimum atomic E-state index is 0.255. The van der Waals surface area contributed by atoms with Crippen LogP contribution >= 0.6 is 12.1 Å². The van der Waals surface area contributed by atoms with Crippen LogP contribution in [0.15, 0.2) is 35.7 Å². The Balaban J connectivity index is 2.63. The number of hydrogen-bond acceptors (Lipinski definition) is 1. The van der Waals surface area contributed by atoms with Gasteiger partial charge in [0.2, 0.25) is 0 Å². The third-order valence-electron chi connectivity index (χ3n) is 1.92. The number of fused-ring (bicyclic) bond motifs is 1. The highest BCUT2D eigenvalue weighted by molar-refractivity contribution is 7.94. The Morgan fingerprint density at radius 2 is 2.23 bits per heavy atom. The highest BCUT2D eigenvalue weighted by atomic mass is 32.2. The Morgan fingerprint density at radius 3 is 2.92 bits per heavy atom. The molecule has 1 nitrogen and oxygen atoms in total. The molecule has 0 aliphatic rings. The second-order valence-corrected chi connectivity index (χ2v) is 3.38. The predicted molar refractivity (Wildman–Crippen MR) is 55.4 cm³/mol. The normalized spacial score (nSPS) is 10.5. The third-order valence-corrected chi connectivity index (χ3v) is 2.36. The highest BCUT2D eigenvalue weighted by Gasteiger charge is 1.99. The lowest BCUT2D eigenvalue weighted by molar-refractivity contribution is 0.934. The summed E-state index contributed by atoms with van der Waals surface area (Å²) in [6, 6.07) is 7.41. The van der Waals surface area contributed by atoms with Crippen LogP contribution in [0.3, 0.4) is 0 Å². The SMILES string of the molecule is C=Cc1cc2ccc(SF)cc2[nH]1. The van der Waals surface area contributed by atoms with E-state index in [9.17, 15) is 3.89 Å². The van der Waals surface area contributed by atoms with Crippen molar-refractivity contribution in [1.29, 1.82) is 0 Å². The van der Waals surface area contributed by atoms with Crippen molar-refractivity contribution >= 4 is 29.1 Å². The van der Waals surface area contributed by atoms with Crippen LogP contribution in [0.25, 0.3) is 17.0 Å². The van der Waals surface area contributed by atoms with Gasteiger partial charge in [0.1, 0.15) is 0 Å². The molecule has 0 amide bonds. The molecule has 13 heavy (non-hydrogen) atoms. The van der Waals surface area contributed by atoms with Crippen LogP contribution in [0.1, 0.15) is 5.69 Å². The first-order valence-electron chi connectivity index (χ1n) is 3.87. The van der Waals surface area contributed by atoms with E-state index in [1.165, 1.54) is 0 Å². The van der Waals surface area contributed by atoms with Crippen LogP contribution in [-0.4, -0.2) is 4.98 Å². The van der Waals surface area contributed by atoms with E-state index in [1.54, 1.807) is 18.2 Å². The van der Waals surface area contributed by atoms with Crippen molar-refractivity contribution in [2.75, 3.05) is 0 Å². The molecule has 66 valence electrons. The molecule has 2 aromatic rings. The molecule has 0 spiro atoms. The average Bonchev–Trinajstić information content (AvgIpc) is 2.58. The van der Waals surface area contributed by atoms with E-state index in [2.05, 4.69) is 11.6 Å². The Kier molecular flexibility index (Phi) is 2.10. The summed E-state index contributed by atoms with van der Waals surface area (Å²) >= 11 is 0.255. The fourth-order valence-electron chi connectivity index (χ4n) is 1.29. The summed E-state index contributed by atoms with van der Waals surface area (Å²) in [6.45, 7) is 3.66. The van der Waals surface area contributed by atoms with E-state index in [0.29, 0.717) is 4.90 Å². The zero-order valence-electron chi connectivity index (χ0n) is 6.88. The third kappa shape index (κ3) is 1.47. The lowest BCUT2D eigenvalue weighted by Crippen LogP contribution is -1.70. The van der Waals surface area contributed by atoms with Crippen LogP contribution in [0.2, 0.25) is 0 Å². The van der Waals surface area contributed by atoms with Gasteiger partial charge in [-0.15, -0.1) is 0 Å². The number of halogens is 1. The van der Waals surface area contributed by atoms with Crippen LogP contribution < -0.4 is 0 Å². The number of aromatic nitrogens is 1. The lowest BCUT2D eigenvalue weighted by Gasteiger charge is -1.91. The molecule has 0 saturated carbocycles. The molecule has 0 bridgehead atoms. The number of rotatable bonds is 2. The summed E-state index contributed by atoms with van der Waals surface area (Å²) in [7, 11) is 0. The zero-order valence-corrected chi connectivity index (χ0v) is 7.70. The van der Waals surface area contributed by atoms with E-state index in [1.807, 2.05) is 12.1 Å². The standard InChI is InChI=1S/C10H8FNS/c1-2-8-5-7-3-4-9(13-11)6-10(7)12-8/h2-6,12H,1H2. The van der Waals surface area contributed by atoms with Crippen LogP contribution in [0.5, 0.6) is 0 Å². The van der Waals surface area contributed by atoms with Gasteiger partial charge >= 0.3 is 0 Å². The highest BCUT2D eigenvalue weighted by Crippen LogP contribution is 2.24. The molecule has 3 heteroatoms. The maximum atomic E-state index is 12.2. The molecular formula is C10H8FNS. The summed E-state index contributed by atoms with van der Waals surface area (Å²) in [5, 5.41) is 1.08. The van der Waals surface area contributed by atoms with Crippen molar-refractivity contribution in [3.8, 4) is 0 Å². The van der Waals surface area contributed by atoms with Crippen molar-refractivity contribution in [2.45, 2.75) is 4.90 Å². The van der Waals surface area contributed by atoms with Crippen molar-refractivity contribution < 1.29 is 3.89 Å². The summed E-state index contributed by atoms with van der Waals surface area (Å²) in [4.78, 5) is 3.74. The van der Waals surface area contributed by atoms with Gasteiger partial charge in [-0.2, -0.15) is 3.89 Å². The maximum Gasteiger partial charge on any atom is 0.0812 e. The molecule has 1 aromatic heterocycles. The van der Waals surface area contributed by atoms with Gasteiger partial charge in [-0.05, 0) is 24.3 Å². The molecule has 0 atom stereocenters. The molecule has 0 saturated heterocycles. The molecule has 0 radical (unpaired) electrons. The van der Waals surface area contributed by atoms with E-state index in [0.717, 1.165) is 16.6 Å². The fourth-order valence-corrected chi connectivity index (χ4v) is 1.57. The number of aromatic amines is 1. The first-order valence-corrected chi connectivity index (χ1v) is 4.59. The van der Waals surface area contributed by atoms with Crippen molar-refractivity contribution in [1.82, 2.24) is 4.98 Å². The molecule has 0 fully saturated rings. The van der Waals surface area contributed by atoms with Gasteiger partial charge in [-0.3, -0.25) is 0 Å². The number of hydrogen-bond donors (Lipinski definition) is 1. The van der Waals surface area contributed by atoms with Gasteiger partial charge in [-0.25, -0.2) is 0 Å². The van der Waals surface area contributed by atoms with Crippen LogP contribution in [0.4, 0.5) is 3.89 Å². The first-order chi connectivity index (χ1) is 6.33. The van der Waals surface area contributed by atoms with Gasteiger partial charge in [0.15, 0.2) is 0 Å². The topological polar surface area (TPSA) is 15.8 Å². The fraction of sp³-hybridized carbons (Fsp3) is 0. The van der Waals surface area contributed by atoms with Crippen LogP contribution in [-0.2, 0) is 0 Å². The van der Waals surface area contributed by atoms with Gasteiger partial charge < -0.3 is 4.98 Å². The minimum Gasteiger partial charge on any atom is -0.355 e. The largest absolute Gasteiger partial charge is 0.355 e. The summed E-state index contributed by atoms with van der Waals surface area (Å²) in [5.41, 5.74) is 1.90. The Labute approximate surface area is 79.9 Å². The summed E-state index contributed by atoms with van der Waals surface area (Å²) in [5.74, 6) is 0. The number of benzene rings is 1. The summed E-state index contributed by atoms with van der Waals surface area (Å²) < 4.78 is 12.2. The van der Waals surface area contributed by atoms with E-state index < -0.39 is 0 Å². The molecule has 1 aromatic carbocycles. The average molecular weight is 193 g/mol. The quantitative estimate of drug-likeness (QED) is 0.767. The molecular weight excluding hydrogens is 185 g/mol. The maximum absolute atomic E-state index is 12.2. The van der Waals surface area contributed by atoms with Gasteiger partial charge in [-0.1, -0.05) is 12.6 Å². The second kappa shape index (κ2) is 3.26.